The van der Waals surface area contributed by atoms with Gasteiger partial charge in [0.1, 0.15) is 17.6 Å². The zero-order chi connectivity index (χ0) is 21.3. The molecule has 160 valence electrons. The van der Waals surface area contributed by atoms with Gasteiger partial charge >= 0.3 is 5.97 Å². The molecule has 0 atom stereocenters. The standard InChI is InChI=1S/C23H26ClNO5/c1-28-21-4-2-3-17(15-21)22(26)11-14-25-12-9-20(10-13-25)30-23(27)16-29-19-7-5-18(24)6-8-19/h2-8,15,20H,9-14,16H2,1H3. The SMILES string of the molecule is COc1cccc(C(=O)CCN2CCC(OC(=O)COc3ccc(Cl)cc3)CC2)c1. The lowest BCUT2D eigenvalue weighted by atomic mass is 10.1. The number of piperidine rings is 1. The van der Waals surface area contributed by atoms with Gasteiger partial charge in [0.25, 0.3) is 0 Å². The molecule has 0 radical (unpaired) electrons. The Morgan fingerprint density at radius 3 is 2.50 bits per heavy atom. The first-order valence-electron chi connectivity index (χ1n) is 10.0. The van der Waals surface area contributed by atoms with Crippen molar-refractivity contribution >= 4 is 23.4 Å². The summed E-state index contributed by atoms with van der Waals surface area (Å²) < 4.78 is 16.1. The second kappa shape index (κ2) is 11.0. The van der Waals surface area contributed by atoms with Crippen molar-refractivity contribution in [2.45, 2.75) is 25.4 Å². The smallest absolute Gasteiger partial charge is 0.344 e. The number of esters is 1. The van der Waals surface area contributed by atoms with Crippen molar-refractivity contribution in [2.24, 2.45) is 0 Å². The van der Waals surface area contributed by atoms with Crippen LogP contribution in [0.3, 0.4) is 0 Å². The van der Waals surface area contributed by atoms with Gasteiger partial charge in [0, 0.05) is 36.6 Å². The van der Waals surface area contributed by atoms with Crippen LogP contribution in [0.5, 0.6) is 11.5 Å². The van der Waals surface area contributed by atoms with Crippen LogP contribution < -0.4 is 9.47 Å². The first kappa shape index (κ1) is 22.1. The Labute approximate surface area is 181 Å². The van der Waals surface area contributed by atoms with Gasteiger partial charge in [-0.25, -0.2) is 4.79 Å². The number of benzene rings is 2. The van der Waals surface area contributed by atoms with Crippen LogP contribution in [0.1, 0.15) is 29.6 Å². The van der Waals surface area contributed by atoms with Gasteiger partial charge < -0.3 is 19.1 Å². The van der Waals surface area contributed by atoms with Gasteiger partial charge in [-0.05, 0) is 49.2 Å². The van der Waals surface area contributed by atoms with Crippen molar-refractivity contribution in [2.75, 3.05) is 33.4 Å². The predicted molar refractivity (Wildman–Crippen MR) is 114 cm³/mol. The number of methoxy groups -OCH3 is 1. The molecule has 0 bridgehead atoms. The van der Waals surface area contributed by atoms with Gasteiger partial charge in [-0.1, -0.05) is 23.7 Å². The number of likely N-dealkylation sites (tertiary alicyclic amines) is 1. The predicted octanol–water partition coefficient (Wildman–Crippen LogP) is 4.01. The van der Waals surface area contributed by atoms with Crippen molar-refractivity contribution in [1.82, 2.24) is 4.90 Å². The van der Waals surface area contributed by atoms with Gasteiger partial charge in [0.2, 0.25) is 0 Å². The van der Waals surface area contributed by atoms with Crippen molar-refractivity contribution in [1.29, 1.82) is 0 Å². The van der Waals surface area contributed by atoms with Crippen LogP contribution in [0.25, 0.3) is 0 Å². The number of hydrogen-bond donors (Lipinski definition) is 0. The Hall–Kier alpha value is -2.57. The maximum absolute atomic E-state index is 12.4. The molecular formula is C23H26ClNO5. The molecule has 1 fully saturated rings. The minimum Gasteiger partial charge on any atom is -0.497 e. The Kier molecular flexibility index (Phi) is 8.11. The number of nitrogens with zero attached hydrogens (tertiary/aromatic N) is 1. The molecule has 0 unspecified atom stereocenters. The first-order chi connectivity index (χ1) is 14.5. The summed E-state index contributed by atoms with van der Waals surface area (Å²) in [5.74, 6) is 0.980. The Morgan fingerprint density at radius 1 is 1.07 bits per heavy atom. The van der Waals surface area contributed by atoms with Gasteiger partial charge in [0.05, 0.1) is 7.11 Å². The minimum absolute atomic E-state index is 0.0989. The van der Waals surface area contributed by atoms with Gasteiger partial charge in [-0.3, -0.25) is 4.79 Å². The van der Waals surface area contributed by atoms with Crippen molar-refractivity contribution in [3.05, 3.63) is 59.1 Å². The average molecular weight is 432 g/mol. The van der Waals surface area contributed by atoms with Gasteiger partial charge in [0.15, 0.2) is 12.4 Å². The molecule has 30 heavy (non-hydrogen) atoms. The normalized spacial score (nSPS) is 14.9. The average Bonchev–Trinajstić information content (AvgIpc) is 2.78. The summed E-state index contributed by atoms with van der Waals surface area (Å²) in [6.45, 7) is 2.15. The van der Waals surface area contributed by atoms with Gasteiger partial charge in [-0.2, -0.15) is 0 Å². The van der Waals surface area contributed by atoms with Crippen LogP contribution in [0, 0.1) is 0 Å². The van der Waals surface area contributed by atoms with E-state index < -0.39 is 0 Å². The maximum atomic E-state index is 12.4. The van der Waals surface area contributed by atoms with E-state index in [4.69, 9.17) is 25.8 Å². The van der Waals surface area contributed by atoms with Crippen molar-refractivity contribution in [3.63, 3.8) is 0 Å². The second-order valence-corrected chi connectivity index (χ2v) is 7.62. The van der Waals surface area contributed by atoms with E-state index in [2.05, 4.69) is 4.90 Å². The number of carbonyl (C=O) groups excluding carboxylic acids is 2. The largest absolute Gasteiger partial charge is 0.497 e. The summed E-state index contributed by atoms with van der Waals surface area (Å²) in [5, 5.41) is 0.613. The van der Waals surface area contributed by atoms with E-state index in [0.29, 0.717) is 35.1 Å². The molecule has 1 aliphatic rings. The quantitative estimate of drug-likeness (QED) is 0.441. The molecule has 0 aliphatic carbocycles. The van der Waals surface area contributed by atoms with Crippen LogP contribution in [-0.2, 0) is 9.53 Å². The molecule has 7 heteroatoms. The van der Waals surface area contributed by atoms with E-state index in [1.165, 1.54) is 0 Å². The topological polar surface area (TPSA) is 65.1 Å². The van der Waals surface area contributed by atoms with Gasteiger partial charge in [-0.15, -0.1) is 0 Å². The molecule has 6 nitrogen and oxygen atoms in total. The summed E-state index contributed by atoms with van der Waals surface area (Å²) in [7, 11) is 1.59. The second-order valence-electron chi connectivity index (χ2n) is 7.18. The molecule has 1 saturated heterocycles. The molecule has 0 amide bonds. The monoisotopic (exact) mass is 431 g/mol. The number of hydrogen-bond acceptors (Lipinski definition) is 6. The van der Waals surface area contributed by atoms with Crippen LogP contribution in [0.2, 0.25) is 5.02 Å². The van der Waals surface area contributed by atoms with Crippen LogP contribution in [0.15, 0.2) is 48.5 Å². The Bertz CT molecular complexity index is 847. The number of rotatable bonds is 9. The highest BCUT2D eigenvalue weighted by atomic mass is 35.5. The number of ether oxygens (including phenoxy) is 3. The highest BCUT2D eigenvalue weighted by molar-refractivity contribution is 6.30. The zero-order valence-corrected chi connectivity index (χ0v) is 17.8. The van der Waals surface area contributed by atoms with Crippen molar-refractivity contribution in [3.8, 4) is 11.5 Å². The Morgan fingerprint density at radius 2 is 1.80 bits per heavy atom. The van der Waals surface area contributed by atoms with E-state index in [-0.39, 0.29) is 24.5 Å². The lowest BCUT2D eigenvalue weighted by Gasteiger charge is -2.31. The summed E-state index contributed by atoms with van der Waals surface area (Å²) in [6, 6.07) is 14.0. The fourth-order valence-electron chi connectivity index (χ4n) is 3.34. The molecule has 0 aromatic heterocycles. The highest BCUT2D eigenvalue weighted by Gasteiger charge is 2.23. The van der Waals surface area contributed by atoms with E-state index in [1.54, 1.807) is 37.4 Å². The fourth-order valence-corrected chi connectivity index (χ4v) is 3.47. The zero-order valence-electron chi connectivity index (χ0n) is 17.0. The summed E-state index contributed by atoms with van der Waals surface area (Å²) in [5.41, 5.74) is 0.666. The third-order valence-electron chi connectivity index (χ3n) is 5.05. The molecule has 1 aliphatic heterocycles. The molecular weight excluding hydrogens is 406 g/mol. The van der Waals surface area contributed by atoms with E-state index >= 15 is 0 Å². The molecule has 3 rings (SSSR count). The van der Waals surface area contributed by atoms with Crippen LogP contribution in [0.4, 0.5) is 0 Å². The van der Waals surface area contributed by atoms with Crippen LogP contribution >= 0.6 is 11.6 Å². The number of halogens is 1. The molecule has 2 aromatic rings. The van der Waals surface area contributed by atoms with Crippen molar-refractivity contribution < 1.29 is 23.8 Å². The fraction of sp³-hybridized carbons (Fsp3) is 0.391. The summed E-state index contributed by atoms with van der Waals surface area (Å²) in [4.78, 5) is 26.6. The molecule has 0 N–H and O–H groups in total. The Balaban J connectivity index is 1.34. The third-order valence-corrected chi connectivity index (χ3v) is 5.30. The first-order valence-corrected chi connectivity index (χ1v) is 10.4. The summed E-state index contributed by atoms with van der Waals surface area (Å²) >= 11 is 5.82. The highest BCUT2D eigenvalue weighted by Crippen LogP contribution is 2.18. The lowest BCUT2D eigenvalue weighted by molar-refractivity contribution is -0.153. The molecule has 2 aromatic carbocycles. The molecule has 0 saturated carbocycles. The van der Waals surface area contributed by atoms with E-state index in [0.717, 1.165) is 25.9 Å². The number of carbonyl (C=O) groups is 2. The van der Waals surface area contributed by atoms with E-state index in [9.17, 15) is 9.59 Å². The number of Topliss-reactive ketones (excluding diaryl/α,β-unsaturated/α-hetero) is 1. The van der Waals surface area contributed by atoms with E-state index in [1.807, 2.05) is 18.2 Å². The lowest BCUT2D eigenvalue weighted by Crippen LogP contribution is -2.39. The molecule has 0 spiro atoms. The minimum atomic E-state index is -0.378. The number of ketones is 1. The van der Waals surface area contributed by atoms with Crippen LogP contribution in [-0.4, -0.2) is 56.1 Å². The maximum Gasteiger partial charge on any atom is 0.344 e. The summed E-state index contributed by atoms with van der Waals surface area (Å²) in [6.07, 6.45) is 1.84. The molecule has 1 heterocycles. The third kappa shape index (κ3) is 6.75.